The van der Waals surface area contributed by atoms with Crippen molar-refractivity contribution in [2.75, 3.05) is 6.54 Å². The molecule has 2 N–H and O–H groups in total. The Balaban J connectivity index is 2.19. The summed E-state index contributed by atoms with van der Waals surface area (Å²) < 4.78 is 0. The first kappa shape index (κ1) is 13.2. The van der Waals surface area contributed by atoms with Crippen LogP contribution in [0.15, 0.2) is 11.4 Å². The molecule has 0 saturated carbocycles. The molecule has 0 aliphatic carbocycles. The number of carbonyl (C=O) groups is 1. The maximum atomic E-state index is 10.7. The van der Waals surface area contributed by atoms with E-state index in [1.54, 1.807) is 11.4 Å². The zero-order valence-electron chi connectivity index (χ0n) is 9.82. The highest BCUT2D eigenvalue weighted by Gasteiger charge is 2.05. The number of carboxylic acid groups (broad SMARTS) is 1. The molecule has 0 atom stereocenters. The average Bonchev–Trinajstić information content (AvgIpc) is 2.65. The molecule has 16 heavy (non-hydrogen) atoms. The van der Waals surface area contributed by atoms with Crippen molar-refractivity contribution in [3.63, 3.8) is 0 Å². The number of nitrogens with one attached hydrogen (secondary N) is 1. The van der Waals surface area contributed by atoms with E-state index in [2.05, 4.69) is 19.2 Å². The van der Waals surface area contributed by atoms with Gasteiger partial charge in [0, 0.05) is 16.8 Å². The number of hydrogen-bond donors (Lipinski definition) is 2. The highest BCUT2D eigenvalue weighted by Crippen LogP contribution is 2.14. The number of thiophene rings is 1. The van der Waals surface area contributed by atoms with Gasteiger partial charge in [-0.15, -0.1) is 11.3 Å². The Morgan fingerprint density at radius 2 is 2.31 bits per heavy atom. The topological polar surface area (TPSA) is 49.3 Å². The lowest BCUT2D eigenvalue weighted by molar-refractivity contribution is 0.0697. The Morgan fingerprint density at radius 1 is 1.56 bits per heavy atom. The van der Waals surface area contributed by atoms with Crippen LogP contribution >= 0.6 is 11.3 Å². The van der Waals surface area contributed by atoms with Crippen molar-refractivity contribution in [2.24, 2.45) is 5.92 Å². The van der Waals surface area contributed by atoms with Crippen LogP contribution in [0.25, 0.3) is 0 Å². The smallest absolute Gasteiger partial charge is 0.336 e. The van der Waals surface area contributed by atoms with Gasteiger partial charge in [0.2, 0.25) is 0 Å². The zero-order valence-corrected chi connectivity index (χ0v) is 10.6. The summed E-state index contributed by atoms with van der Waals surface area (Å²) >= 11 is 1.50. The van der Waals surface area contributed by atoms with Gasteiger partial charge in [0.1, 0.15) is 0 Å². The van der Waals surface area contributed by atoms with E-state index in [0.717, 1.165) is 23.9 Å². The van der Waals surface area contributed by atoms with Crippen molar-refractivity contribution in [1.29, 1.82) is 0 Å². The molecule has 1 rings (SSSR count). The van der Waals surface area contributed by atoms with E-state index >= 15 is 0 Å². The third-order valence-corrected chi connectivity index (χ3v) is 3.27. The van der Waals surface area contributed by atoms with Crippen LogP contribution in [0.4, 0.5) is 0 Å². The quantitative estimate of drug-likeness (QED) is 0.722. The lowest BCUT2D eigenvalue weighted by Crippen LogP contribution is -2.14. The molecule has 0 unspecified atom stereocenters. The van der Waals surface area contributed by atoms with Crippen LogP contribution < -0.4 is 5.32 Å². The fourth-order valence-corrected chi connectivity index (χ4v) is 2.26. The third kappa shape index (κ3) is 4.77. The highest BCUT2D eigenvalue weighted by atomic mass is 32.1. The summed E-state index contributed by atoms with van der Waals surface area (Å²) in [7, 11) is 0. The predicted molar refractivity (Wildman–Crippen MR) is 67.1 cm³/mol. The van der Waals surface area contributed by atoms with Gasteiger partial charge in [-0.3, -0.25) is 0 Å². The summed E-state index contributed by atoms with van der Waals surface area (Å²) in [6, 6.07) is 1.74. The molecule has 1 heterocycles. The molecule has 0 fully saturated rings. The second kappa shape index (κ2) is 6.66. The molecular weight excluding hydrogens is 222 g/mol. The molecule has 3 nitrogen and oxygen atoms in total. The van der Waals surface area contributed by atoms with E-state index in [0.29, 0.717) is 5.56 Å². The summed E-state index contributed by atoms with van der Waals surface area (Å²) in [5.74, 6) is -0.0931. The summed E-state index contributed by atoms with van der Waals surface area (Å²) in [5.41, 5.74) is 0.393. The predicted octanol–water partition coefficient (Wildman–Crippen LogP) is 2.97. The van der Waals surface area contributed by atoms with Gasteiger partial charge in [0.15, 0.2) is 0 Å². The van der Waals surface area contributed by atoms with Crippen molar-refractivity contribution in [3.05, 3.63) is 21.9 Å². The van der Waals surface area contributed by atoms with Crippen LogP contribution in [0, 0.1) is 5.92 Å². The minimum atomic E-state index is -0.845. The molecule has 4 heteroatoms. The Morgan fingerprint density at radius 3 is 2.88 bits per heavy atom. The molecule has 0 bridgehead atoms. The monoisotopic (exact) mass is 241 g/mol. The molecule has 0 aliphatic rings. The first-order valence-corrected chi connectivity index (χ1v) is 6.49. The number of rotatable bonds is 7. The highest BCUT2D eigenvalue weighted by molar-refractivity contribution is 7.10. The lowest BCUT2D eigenvalue weighted by atomic mass is 10.1. The minimum absolute atomic E-state index is 0.393. The van der Waals surface area contributed by atoms with Gasteiger partial charge >= 0.3 is 5.97 Å². The summed E-state index contributed by atoms with van der Waals surface area (Å²) in [4.78, 5) is 11.7. The van der Waals surface area contributed by atoms with Crippen LogP contribution in [-0.2, 0) is 6.54 Å². The molecule has 0 saturated heterocycles. The van der Waals surface area contributed by atoms with E-state index in [1.807, 2.05) is 0 Å². The van der Waals surface area contributed by atoms with Crippen molar-refractivity contribution in [3.8, 4) is 0 Å². The molecule has 0 aromatic carbocycles. The van der Waals surface area contributed by atoms with Gasteiger partial charge in [-0.25, -0.2) is 4.79 Å². The van der Waals surface area contributed by atoms with Gasteiger partial charge in [0.05, 0.1) is 5.56 Å². The van der Waals surface area contributed by atoms with Gasteiger partial charge in [-0.05, 0) is 31.4 Å². The zero-order chi connectivity index (χ0) is 12.0. The minimum Gasteiger partial charge on any atom is -0.478 e. The van der Waals surface area contributed by atoms with E-state index in [9.17, 15) is 4.79 Å². The Hall–Kier alpha value is -0.870. The van der Waals surface area contributed by atoms with Crippen molar-refractivity contribution in [2.45, 2.75) is 33.2 Å². The standard InChI is InChI=1S/C12H19NO2S/c1-9(2)4-3-5-13-7-11-6-10(8-16-11)12(14)15/h6,8-9,13H,3-5,7H2,1-2H3,(H,14,15). The van der Waals surface area contributed by atoms with Crippen LogP contribution in [0.1, 0.15) is 41.9 Å². The average molecular weight is 241 g/mol. The Bertz CT molecular complexity index is 334. The van der Waals surface area contributed by atoms with Crippen LogP contribution in [-0.4, -0.2) is 17.6 Å². The third-order valence-electron chi connectivity index (χ3n) is 2.33. The van der Waals surface area contributed by atoms with E-state index in [1.165, 1.54) is 24.2 Å². The van der Waals surface area contributed by atoms with Gasteiger partial charge in [0.25, 0.3) is 0 Å². The van der Waals surface area contributed by atoms with E-state index < -0.39 is 5.97 Å². The molecule has 90 valence electrons. The number of hydrogen-bond acceptors (Lipinski definition) is 3. The SMILES string of the molecule is CC(C)CCCNCc1cc(C(=O)O)cs1. The Kier molecular flexibility index (Phi) is 5.49. The fraction of sp³-hybridized carbons (Fsp3) is 0.583. The summed E-state index contributed by atoms with van der Waals surface area (Å²) in [6.07, 6.45) is 2.41. The lowest BCUT2D eigenvalue weighted by Gasteiger charge is -2.05. The van der Waals surface area contributed by atoms with Crippen LogP contribution in [0.2, 0.25) is 0 Å². The van der Waals surface area contributed by atoms with Gasteiger partial charge in [-0.1, -0.05) is 13.8 Å². The second-order valence-corrected chi connectivity index (χ2v) is 5.32. The first-order valence-electron chi connectivity index (χ1n) is 5.61. The van der Waals surface area contributed by atoms with Crippen molar-refractivity contribution >= 4 is 17.3 Å². The Labute approximate surface area is 100 Å². The van der Waals surface area contributed by atoms with Crippen LogP contribution in [0.3, 0.4) is 0 Å². The molecule has 0 aliphatic heterocycles. The summed E-state index contributed by atoms with van der Waals surface area (Å²) in [6.45, 7) is 6.21. The summed E-state index contributed by atoms with van der Waals surface area (Å²) in [5, 5.41) is 13.8. The molecule has 1 aromatic heterocycles. The molecule has 1 aromatic rings. The van der Waals surface area contributed by atoms with Gasteiger partial charge < -0.3 is 10.4 Å². The van der Waals surface area contributed by atoms with Crippen molar-refractivity contribution < 1.29 is 9.90 Å². The normalized spacial score (nSPS) is 10.9. The second-order valence-electron chi connectivity index (χ2n) is 4.32. The molecule has 0 spiro atoms. The maximum absolute atomic E-state index is 10.7. The van der Waals surface area contributed by atoms with E-state index in [-0.39, 0.29) is 0 Å². The van der Waals surface area contributed by atoms with Crippen molar-refractivity contribution in [1.82, 2.24) is 5.32 Å². The number of aromatic carboxylic acids is 1. The number of carboxylic acids is 1. The largest absolute Gasteiger partial charge is 0.478 e. The van der Waals surface area contributed by atoms with Gasteiger partial charge in [-0.2, -0.15) is 0 Å². The fourth-order valence-electron chi connectivity index (χ4n) is 1.43. The first-order chi connectivity index (χ1) is 7.59. The maximum Gasteiger partial charge on any atom is 0.336 e. The molecule has 0 radical (unpaired) electrons. The van der Waals surface area contributed by atoms with Crippen LogP contribution in [0.5, 0.6) is 0 Å². The molecular formula is C12H19NO2S. The van der Waals surface area contributed by atoms with E-state index in [4.69, 9.17) is 5.11 Å². The molecule has 0 amide bonds.